The second-order valence-electron chi connectivity index (χ2n) is 3.42. The third-order valence-corrected chi connectivity index (χ3v) is 2.60. The van der Waals surface area contributed by atoms with Gasteiger partial charge < -0.3 is 11.1 Å². The zero-order valence-electron chi connectivity index (χ0n) is 8.73. The smallest absolute Gasteiger partial charge is 0.224 e. The van der Waals surface area contributed by atoms with Crippen molar-refractivity contribution in [2.75, 3.05) is 6.54 Å². The van der Waals surface area contributed by atoms with Gasteiger partial charge in [-0.3, -0.25) is 4.79 Å². The molecule has 1 unspecified atom stereocenters. The van der Waals surface area contributed by atoms with Crippen LogP contribution in [-0.4, -0.2) is 18.5 Å². The highest BCUT2D eigenvalue weighted by Gasteiger charge is 2.03. The quantitative estimate of drug-likeness (QED) is 0.831. The predicted molar refractivity (Wildman–Crippen MR) is 66.5 cm³/mol. The first kappa shape index (κ1) is 14.4. The molecule has 86 valence electrons. The van der Waals surface area contributed by atoms with E-state index in [2.05, 4.69) is 5.32 Å². The van der Waals surface area contributed by atoms with Crippen LogP contribution in [0.3, 0.4) is 0 Å². The molecular formula is C10H17ClN2OS. The minimum Gasteiger partial charge on any atom is -0.356 e. The average Bonchev–Trinajstić information content (AvgIpc) is 2.56. The van der Waals surface area contributed by atoms with Gasteiger partial charge in [-0.25, -0.2) is 0 Å². The van der Waals surface area contributed by atoms with Crippen molar-refractivity contribution in [3.8, 4) is 0 Å². The van der Waals surface area contributed by atoms with E-state index in [1.807, 2.05) is 23.8 Å². The van der Waals surface area contributed by atoms with Gasteiger partial charge in [0.15, 0.2) is 0 Å². The lowest BCUT2D eigenvalue weighted by Crippen LogP contribution is -2.29. The average molecular weight is 249 g/mol. The number of nitrogens with two attached hydrogens (primary N) is 1. The number of hydrogen-bond acceptors (Lipinski definition) is 3. The first-order valence-electron chi connectivity index (χ1n) is 4.72. The van der Waals surface area contributed by atoms with Gasteiger partial charge in [0, 0.05) is 12.6 Å². The molecule has 5 heteroatoms. The highest BCUT2D eigenvalue weighted by molar-refractivity contribution is 7.07. The Hall–Kier alpha value is -0.580. The van der Waals surface area contributed by atoms with Gasteiger partial charge in [-0.2, -0.15) is 11.3 Å². The number of carbonyl (C=O) groups is 1. The molecule has 15 heavy (non-hydrogen) atoms. The minimum atomic E-state index is 0. The summed E-state index contributed by atoms with van der Waals surface area (Å²) in [7, 11) is 0. The molecule has 0 bridgehead atoms. The van der Waals surface area contributed by atoms with Crippen molar-refractivity contribution in [1.29, 1.82) is 0 Å². The largest absolute Gasteiger partial charge is 0.356 e. The molecule has 0 aliphatic rings. The maximum atomic E-state index is 11.3. The van der Waals surface area contributed by atoms with Crippen LogP contribution < -0.4 is 11.1 Å². The molecule has 0 radical (unpaired) electrons. The van der Waals surface area contributed by atoms with Crippen molar-refractivity contribution < 1.29 is 4.79 Å². The molecule has 1 heterocycles. The summed E-state index contributed by atoms with van der Waals surface area (Å²) in [5.74, 6) is 0.0732. The van der Waals surface area contributed by atoms with Gasteiger partial charge in [0.1, 0.15) is 0 Å². The van der Waals surface area contributed by atoms with Crippen LogP contribution in [0, 0.1) is 0 Å². The molecule has 1 aromatic heterocycles. The number of halogens is 1. The number of nitrogens with one attached hydrogen (secondary N) is 1. The van der Waals surface area contributed by atoms with Crippen molar-refractivity contribution in [2.45, 2.75) is 25.8 Å². The van der Waals surface area contributed by atoms with Crippen molar-refractivity contribution in [3.05, 3.63) is 22.4 Å². The Kier molecular flexibility index (Phi) is 7.38. The highest BCUT2D eigenvalue weighted by Crippen LogP contribution is 2.06. The first-order chi connectivity index (χ1) is 6.68. The highest BCUT2D eigenvalue weighted by atomic mass is 35.5. The number of amides is 1. The molecule has 0 spiro atoms. The molecule has 0 aliphatic heterocycles. The van der Waals surface area contributed by atoms with Crippen molar-refractivity contribution in [3.63, 3.8) is 0 Å². The number of thiophene rings is 1. The summed E-state index contributed by atoms with van der Waals surface area (Å²) in [5, 5.41) is 6.81. The van der Waals surface area contributed by atoms with Crippen molar-refractivity contribution in [2.24, 2.45) is 5.73 Å². The van der Waals surface area contributed by atoms with E-state index in [0.29, 0.717) is 13.0 Å². The van der Waals surface area contributed by atoms with Crippen molar-refractivity contribution in [1.82, 2.24) is 5.32 Å². The summed E-state index contributed by atoms with van der Waals surface area (Å²) in [6, 6.07) is 2.12. The summed E-state index contributed by atoms with van der Waals surface area (Å²) in [4.78, 5) is 11.3. The lowest BCUT2D eigenvalue weighted by atomic mass is 10.2. The summed E-state index contributed by atoms with van der Waals surface area (Å²) < 4.78 is 0. The van der Waals surface area contributed by atoms with E-state index in [1.54, 1.807) is 11.3 Å². The summed E-state index contributed by atoms with van der Waals surface area (Å²) in [5.41, 5.74) is 6.64. The molecule has 1 aromatic rings. The predicted octanol–water partition coefficient (Wildman–Crippen LogP) is 1.57. The first-order valence-corrected chi connectivity index (χ1v) is 5.66. The molecule has 1 amide bonds. The molecule has 3 nitrogen and oxygen atoms in total. The Labute approximate surface area is 100 Å². The van der Waals surface area contributed by atoms with E-state index in [4.69, 9.17) is 5.73 Å². The summed E-state index contributed by atoms with van der Waals surface area (Å²) in [6.45, 7) is 2.60. The second-order valence-corrected chi connectivity index (χ2v) is 4.20. The minimum absolute atomic E-state index is 0. The topological polar surface area (TPSA) is 55.1 Å². The fourth-order valence-electron chi connectivity index (χ4n) is 1.08. The Morgan fingerprint density at radius 2 is 2.40 bits per heavy atom. The summed E-state index contributed by atoms with van der Waals surface area (Å²) >= 11 is 1.61. The SMILES string of the molecule is CC(N)CCNC(=O)Cc1ccsc1.Cl. The van der Waals surface area contributed by atoms with Crippen LogP contribution in [0.4, 0.5) is 0 Å². The van der Waals surface area contributed by atoms with Gasteiger partial charge >= 0.3 is 0 Å². The van der Waals surface area contributed by atoms with Crippen LogP contribution in [0.2, 0.25) is 0 Å². The number of rotatable bonds is 5. The van der Waals surface area contributed by atoms with E-state index in [-0.39, 0.29) is 24.4 Å². The molecular weight excluding hydrogens is 232 g/mol. The van der Waals surface area contributed by atoms with E-state index in [1.165, 1.54) is 0 Å². The van der Waals surface area contributed by atoms with Gasteiger partial charge in [0.25, 0.3) is 0 Å². The Morgan fingerprint density at radius 3 is 2.93 bits per heavy atom. The van der Waals surface area contributed by atoms with E-state index in [0.717, 1.165) is 12.0 Å². The normalized spacial score (nSPS) is 11.6. The van der Waals surface area contributed by atoms with Crippen LogP contribution >= 0.6 is 23.7 Å². The number of carbonyl (C=O) groups excluding carboxylic acids is 1. The molecule has 0 saturated heterocycles. The van der Waals surface area contributed by atoms with Crippen LogP contribution in [0.1, 0.15) is 18.9 Å². The van der Waals surface area contributed by atoms with Gasteiger partial charge in [-0.15, -0.1) is 12.4 Å². The standard InChI is InChI=1S/C10H16N2OS.ClH/c1-8(11)2-4-12-10(13)6-9-3-5-14-7-9;/h3,5,7-8H,2,4,6,11H2,1H3,(H,12,13);1H. The molecule has 0 fully saturated rings. The monoisotopic (exact) mass is 248 g/mol. The fourth-order valence-corrected chi connectivity index (χ4v) is 1.75. The molecule has 3 N–H and O–H groups in total. The van der Waals surface area contributed by atoms with Gasteiger partial charge in [-0.1, -0.05) is 0 Å². The third kappa shape index (κ3) is 6.49. The Balaban J connectivity index is 0.00000196. The zero-order chi connectivity index (χ0) is 10.4. The molecule has 0 aliphatic carbocycles. The van der Waals surface area contributed by atoms with Crippen LogP contribution in [0.25, 0.3) is 0 Å². The van der Waals surface area contributed by atoms with E-state index in [9.17, 15) is 4.79 Å². The zero-order valence-corrected chi connectivity index (χ0v) is 10.4. The summed E-state index contributed by atoms with van der Waals surface area (Å²) in [6.07, 6.45) is 1.30. The number of hydrogen-bond donors (Lipinski definition) is 2. The van der Waals surface area contributed by atoms with Crippen LogP contribution in [0.15, 0.2) is 16.8 Å². The van der Waals surface area contributed by atoms with Crippen LogP contribution in [-0.2, 0) is 11.2 Å². The fraction of sp³-hybridized carbons (Fsp3) is 0.500. The molecule has 0 aromatic carbocycles. The van der Waals surface area contributed by atoms with Crippen molar-refractivity contribution >= 4 is 29.7 Å². The van der Waals surface area contributed by atoms with Crippen LogP contribution in [0.5, 0.6) is 0 Å². The molecule has 1 rings (SSSR count). The lowest BCUT2D eigenvalue weighted by molar-refractivity contribution is -0.120. The maximum absolute atomic E-state index is 11.3. The molecule has 0 saturated carbocycles. The van der Waals surface area contributed by atoms with Gasteiger partial charge in [-0.05, 0) is 35.7 Å². The van der Waals surface area contributed by atoms with Gasteiger partial charge in [0.05, 0.1) is 6.42 Å². The third-order valence-electron chi connectivity index (χ3n) is 1.87. The molecule has 1 atom stereocenters. The Bertz CT molecular complexity index is 275. The lowest BCUT2D eigenvalue weighted by Gasteiger charge is -2.06. The maximum Gasteiger partial charge on any atom is 0.224 e. The van der Waals surface area contributed by atoms with Gasteiger partial charge in [0.2, 0.25) is 5.91 Å². The van der Waals surface area contributed by atoms with E-state index < -0.39 is 0 Å². The second kappa shape index (κ2) is 7.68. The van der Waals surface area contributed by atoms with E-state index >= 15 is 0 Å². The Morgan fingerprint density at radius 1 is 1.67 bits per heavy atom.